The predicted octanol–water partition coefficient (Wildman–Crippen LogP) is 2.48. The van der Waals surface area contributed by atoms with Crippen LogP contribution in [0.15, 0.2) is 28.7 Å². The minimum absolute atomic E-state index is 0.102. The summed E-state index contributed by atoms with van der Waals surface area (Å²) in [5, 5.41) is 12.7. The fourth-order valence-corrected chi connectivity index (χ4v) is 2.56. The van der Waals surface area contributed by atoms with Crippen LogP contribution in [0.1, 0.15) is 36.0 Å². The number of rotatable bonds is 2. The zero-order valence-corrected chi connectivity index (χ0v) is 11.1. The smallest absolute Gasteiger partial charge is 0.251 e. The number of halogens is 1. The third-order valence-electron chi connectivity index (χ3n) is 3.13. The Kier molecular flexibility index (Phi) is 4.18. The summed E-state index contributed by atoms with van der Waals surface area (Å²) in [6, 6.07) is 7.16. The monoisotopic (exact) mass is 297 g/mol. The molecule has 0 saturated heterocycles. The Morgan fingerprint density at radius 3 is 2.82 bits per heavy atom. The molecular weight excluding hydrogens is 282 g/mol. The van der Waals surface area contributed by atoms with Gasteiger partial charge in [0.1, 0.15) is 0 Å². The SMILES string of the molecule is O=C(N[C@H]1CCCC[C@@H]1O)c1cccc(Br)c1. The number of hydrogen-bond donors (Lipinski definition) is 2. The number of amides is 1. The molecule has 2 N–H and O–H groups in total. The fraction of sp³-hybridized carbons (Fsp3) is 0.462. The quantitative estimate of drug-likeness (QED) is 0.881. The molecule has 0 bridgehead atoms. The van der Waals surface area contributed by atoms with E-state index in [0.717, 1.165) is 30.2 Å². The van der Waals surface area contributed by atoms with Crippen LogP contribution in [-0.4, -0.2) is 23.2 Å². The van der Waals surface area contributed by atoms with E-state index in [1.165, 1.54) is 0 Å². The van der Waals surface area contributed by atoms with E-state index in [0.29, 0.717) is 5.56 Å². The second-order valence-electron chi connectivity index (χ2n) is 4.44. The first-order valence-electron chi connectivity index (χ1n) is 5.91. The van der Waals surface area contributed by atoms with Gasteiger partial charge >= 0.3 is 0 Å². The van der Waals surface area contributed by atoms with Crippen LogP contribution in [0.5, 0.6) is 0 Å². The van der Waals surface area contributed by atoms with E-state index in [9.17, 15) is 9.90 Å². The van der Waals surface area contributed by atoms with Gasteiger partial charge in [0.25, 0.3) is 5.91 Å². The first kappa shape index (κ1) is 12.6. The maximum Gasteiger partial charge on any atom is 0.251 e. The first-order valence-corrected chi connectivity index (χ1v) is 6.70. The molecule has 1 fully saturated rings. The predicted molar refractivity (Wildman–Crippen MR) is 69.9 cm³/mol. The van der Waals surface area contributed by atoms with Gasteiger partial charge in [-0.15, -0.1) is 0 Å². The summed E-state index contributed by atoms with van der Waals surface area (Å²) in [6.07, 6.45) is 3.36. The topological polar surface area (TPSA) is 49.3 Å². The molecule has 1 aromatic carbocycles. The van der Waals surface area contributed by atoms with E-state index in [1.54, 1.807) is 12.1 Å². The molecular formula is C13H16BrNO2. The first-order chi connectivity index (χ1) is 8.16. The van der Waals surface area contributed by atoms with Gasteiger partial charge in [-0.1, -0.05) is 34.8 Å². The van der Waals surface area contributed by atoms with Crippen molar-refractivity contribution in [3.63, 3.8) is 0 Å². The van der Waals surface area contributed by atoms with Gasteiger partial charge in [-0.25, -0.2) is 0 Å². The number of nitrogens with one attached hydrogen (secondary N) is 1. The molecule has 1 aromatic rings. The summed E-state index contributed by atoms with van der Waals surface area (Å²) in [4.78, 5) is 12.0. The lowest BCUT2D eigenvalue weighted by Crippen LogP contribution is -2.45. The number of carbonyl (C=O) groups is 1. The summed E-state index contributed by atoms with van der Waals surface area (Å²) in [6.45, 7) is 0. The van der Waals surface area contributed by atoms with Crippen molar-refractivity contribution in [1.29, 1.82) is 0 Å². The van der Waals surface area contributed by atoms with E-state index in [1.807, 2.05) is 12.1 Å². The van der Waals surface area contributed by atoms with E-state index >= 15 is 0 Å². The largest absolute Gasteiger partial charge is 0.391 e. The average molecular weight is 298 g/mol. The van der Waals surface area contributed by atoms with Crippen molar-refractivity contribution in [2.45, 2.75) is 37.8 Å². The van der Waals surface area contributed by atoms with E-state index in [-0.39, 0.29) is 11.9 Å². The Hall–Kier alpha value is -0.870. The summed E-state index contributed by atoms with van der Waals surface area (Å²) < 4.78 is 0.884. The Bertz CT molecular complexity index is 408. The molecule has 0 spiro atoms. The van der Waals surface area contributed by atoms with Gasteiger partial charge in [-0.05, 0) is 31.0 Å². The van der Waals surface area contributed by atoms with Crippen molar-refractivity contribution in [2.24, 2.45) is 0 Å². The van der Waals surface area contributed by atoms with Gasteiger partial charge in [0.05, 0.1) is 12.1 Å². The average Bonchev–Trinajstić information content (AvgIpc) is 2.32. The van der Waals surface area contributed by atoms with Gasteiger partial charge in [0.2, 0.25) is 0 Å². The van der Waals surface area contributed by atoms with Crippen LogP contribution in [0.3, 0.4) is 0 Å². The van der Waals surface area contributed by atoms with Crippen molar-refractivity contribution >= 4 is 21.8 Å². The Labute approximate surface area is 109 Å². The number of hydrogen-bond acceptors (Lipinski definition) is 2. The van der Waals surface area contributed by atoms with Crippen LogP contribution in [-0.2, 0) is 0 Å². The van der Waals surface area contributed by atoms with Crippen molar-refractivity contribution < 1.29 is 9.90 Å². The molecule has 0 aromatic heterocycles. The minimum Gasteiger partial charge on any atom is -0.391 e. The molecule has 1 saturated carbocycles. The third-order valence-corrected chi connectivity index (χ3v) is 3.63. The Morgan fingerprint density at radius 1 is 1.35 bits per heavy atom. The highest BCUT2D eigenvalue weighted by atomic mass is 79.9. The van der Waals surface area contributed by atoms with Crippen molar-refractivity contribution in [3.8, 4) is 0 Å². The number of aliphatic hydroxyl groups excluding tert-OH is 1. The van der Waals surface area contributed by atoms with Crippen LogP contribution >= 0.6 is 15.9 Å². The van der Waals surface area contributed by atoms with E-state index in [2.05, 4.69) is 21.2 Å². The lowest BCUT2D eigenvalue weighted by atomic mass is 9.92. The second kappa shape index (κ2) is 5.65. The molecule has 0 heterocycles. The van der Waals surface area contributed by atoms with Crippen LogP contribution in [0.25, 0.3) is 0 Å². The highest BCUT2D eigenvalue weighted by Crippen LogP contribution is 2.19. The summed E-state index contributed by atoms with van der Waals surface area (Å²) in [5.74, 6) is -0.114. The van der Waals surface area contributed by atoms with Crippen LogP contribution < -0.4 is 5.32 Å². The fourth-order valence-electron chi connectivity index (χ4n) is 2.16. The van der Waals surface area contributed by atoms with Crippen LogP contribution in [0, 0.1) is 0 Å². The highest BCUT2D eigenvalue weighted by Gasteiger charge is 2.24. The number of benzene rings is 1. The maximum absolute atomic E-state index is 12.0. The van der Waals surface area contributed by atoms with Gasteiger partial charge in [0.15, 0.2) is 0 Å². The standard InChI is InChI=1S/C13H16BrNO2/c14-10-5-3-4-9(8-10)13(17)15-11-6-1-2-7-12(11)16/h3-5,8,11-12,16H,1-2,6-7H2,(H,15,17)/t11-,12-/m0/s1. The molecule has 1 amide bonds. The normalized spacial score (nSPS) is 24.4. The molecule has 0 radical (unpaired) electrons. The molecule has 3 nitrogen and oxygen atoms in total. The van der Waals surface area contributed by atoms with E-state index in [4.69, 9.17) is 0 Å². The zero-order chi connectivity index (χ0) is 12.3. The second-order valence-corrected chi connectivity index (χ2v) is 5.36. The molecule has 1 aliphatic carbocycles. The summed E-state index contributed by atoms with van der Waals surface area (Å²) in [5.41, 5.74) is 0.622. The van der Waals surface area contributed by atoms with Crippen molar-refractivity contribution in [1.82, 2.24) is 5.32 Å². The molecule has 17 heavy (non-hydrogen) atoms. The zero-order valence-electron chi connectivity index (χ0n) is 9.53. The van der Waals surface area contributed by atoms with Crippen LogP contribution in [0.4, 0.5) is 0 Å². The van der Waals surface area contributed by atoms with Crippen molar-refractivity contribution in [2.75, 3.05) is 0 Å². The molecule has 0 aliphatic heterocycles. The number of aliphatic hydroxyl groups is 1. The number of carbonyl (C=O) groups excluding carboxylic acids is 1. The lowest BCUT2D eigenvalue weighted by Gasteiger charge is -2.28. The minimum atomic E-state index is -0.403. The van der Waals surface area contributed by atoms with Gasteiger partial charge in [-0.2, -0.15) is 0 Å². The Balaban J connectivity index is 2.01. The Morgan fingerprint density at radius 2 is 2.12 bits per heavy atom. The lowest BCUT2D eigenvalue weighted by molar-refractivity contribution is 0.0717. The third kappa shape index (κ3) is 3.30. The molecule has 92 valence electrons. The van der Waals surface area contributed by atoms with Gasteiger partial charge in [-0.3, -0.25) is 4.79 Å². The molecule has 2 atom stereocenters. The molecule has 4 heteroatoms. The summed E-state index contributed by atoms with van der Waals surface area (Å²) in [7, 11) is 0. The maximum atomic E-state index is 12.0. The van der Waals surface area contributed by atoms with Crippen LogP contribution in [0.2, 0.25) is 0 Å². The molecule has 1 aliphatic rings. The van der Waals surface area contributed by atoms with Gasteiger partial charge in [0, 0.05) is 10.0 Å². The summed E-state index contributed by atoms with van der Waals surface area (Å²) >= 11 is 3.34. The highest BCUT2D eigenvalue weighted by molar-refractivity contribution is 9.10. The van der Waals surface area contributed by atoms with E-state index < -0.39 is 6.10 Å². The molecule has 0 unspecified atom stereocenters. The van der Waals surface area contributed by atoms with Gasteiger partial charge < -0.3 is 10.4 Å². The molecule has 2 rings (SSSR count). The van der Waals surface area contributed by atoms with Crippen molar-refractivity contribution in [3.05, 3.63) is 34.3 Å².